The molecule has 3 nitrogen and oxygen atoms in total. The number of nitrogens with one attached hydrogen (secondary N) is 1. The average molecular weight is 429 g/mol. The van der Waals surface area contributed by atoms with Crippen molar-refractivity contribution in [3.63, 3.8) is 0 Å². The van der Waals surface area contributed by atoms with Gasteiger partial charge in [-0.25, -0.2) is 0 Å². The molecular formula is C30H24N2O. The van der Waals surface area contributed by atoms with E-state index >= 15 is 0 Å². The van der Waals surface area contributed by atoms with Gasteiger partial charge in [-0.2, -0.15) is 0 Å². The van der Waals surface area contributed by atoms with Crippen molar-refractivity contribution in [2.45, 2.75) is 12.0 Å². The molecule has 0 saturated heterocycles. The molecule has 2 atom stereocenters. The number of hydrogen-bond acceptors (Lipinski definition) is 3. The summed E-state index contributed by atoms with van der Waals surface area (Å²) in [6.45, 7) is 1.80. The fraction of sp³-hybridized carbons (Fsp3) is 0.133. The Balaban J connectivity index is 1.49. The maximum atomic E-state index is 6.51. The summed E-state index contributed by atoms with van der Waals surface area (Å²) in [5.41, 5.74) is 8.44. The molecule has 1 unspecified atom stereocenters. The first-order valence-corrected chi connectivity index (χ1v) is 11.6. The number of fused-ring (bicyclic) bond motifs is 7. The van der Waals surface area contributed by atoms with E-state index in [1.54, 1.807) is 0 Å². The molecule has 0 bridgehead atoms. The standard InChI is InChI=1S/C30H24N2O/c1-2-10-21(26-12-5-7-17-31-26)20(9-1)25-19-32-18-8-6-13-27(32)29-23(25)15-16-24-22-11-3-4-14-28(22)33-30(24)29/h1-16,18,25,27,31H,17,19H2/t25-,27?/m1/s1. The van der Waals surface area contributed by atoms with Crippen LogP contribution in [0.4, 0.5) is 0 Å². The molecule has 1 aromatic heterocycles. The Hall–Kier alpha value is -3.98. The van der Waals surface area contributed by atoms with Gasteiger partial charge >= 0.3 is 0 Å². The van der Waals surface area contributed by atoms with Gasteiger partial charge in [0, 0.05) is 46.6 Å². The monoisotopic (exact) mass is 428 g/mol. The number of rotatable bonds is 2. The second-order valence-electron chi connectivity index (χ2n) is 8.94. The lowest BCUT2D eigenvalue weighted by Gasteiger charge is -2.41. The van der Waals surface area contributed by atoms with Gasteiger partial charge in [0.15, 0.2) is 0 Å². The summed E-state index contributed by atoms with van der Waals surface area (Å²) in [5.74, 6) is 0.245. The van der Waals surface area contributed by atoms with Crippen molar-refractivity contribution < 1.29 is 4.42 Å². The van der Waals surface area contributed by atoms with E-state index in [4.69, 9.17) is 4.42 Å². The maximum Gasteiger partial charge on any atom is 0.141 e. The normalized spacial score (nSPS) is 21.1. The number of allylic oxidation sites excluding steroid dienone is 4. The van der Waals surface area contributed by atoms with Gasteiger partial charge in [0.2, 0.25) is 0 Å². The molecule has 0 saturated carbocycles. The molecule has 0 radical (unpaired) electrons. The third kappa shape index (κ3) is 2.82. The van der Waals surface area contributed by atoms with Crippen LogP contribution < -0.4 is 5.32 Å². The first kappa shape index (κ1) is 18.6. The first-order valence-electron chi connectivity index (χ1n) is 11.6. The molecular weight excluding hydrogens is 404 g/mol. The molecule has 0 amide bonds. The molecule has 3 aromatic carbocycles. The molecule has 4 heterocycles. The van der Waals surface area contributed by atoms with Gasteiger partial charge in [0.25, 0.3) is 0 Å². The SMILES string of the molecule is C1=CCNC(c2ccccc2[C@H]2CN3C=CC=CC3c3c2ccc2c3oc3ccccc32)=C1. The van der Waals surface area contributed by atoms with Crippen LogP contribution in [0.2, 0.25) is 0 Å². The number of nitrogens with zero attached hydrogens (tertiary/aromatic N) is 1. The van der Waals surface area contributed by atoms with Gasteiger partial charge in [-0.15, -0.1) is 0 Å². The summed E-state index contributed by atoms with van der Waals surface area (Å²) in [6, 6.07) is 22.0. The Morgan fingerprint density at radius 1 is 0.848 bits per heavy atom. The largest absolute Gasteiger partial charge is 0.456 e. The third-order valence-electron chi connectivity index (χ3n) is 7.16. The summed E-state index contributed by atoms with van der Waals surface area (Å²) in [4.78, 5) is 2.46. The minimum Gasteiger partial charge on any atom is -0.456 e. The zero-order chi connectivity index (χ0) is 21.8. The molecule has 3 heteroatoms. The summed E-state index contributed by atoms with van der Waals surface area (Å²) >= 11 is 0. The number of furan rings is 1. The Bertz CT molecular complexity index is 1520. The molecule has 0 spiro atoms. The summed E-state index contributed by atoms with van der Waals surface area (Å²) < 4.78 is 6.51. The van der Waals surface area contributed by atoms with Crippen molar-refractivity contribution in [3.8, 4) is 0 Å². The second kappa shape index (κ2) is 7.28. The van der Waals surface area contributed by atoms with Gasteiger partial charge in [-0.1, -0.05) is 78.9 Å². The molecule has 160 valence electrons. The quantitative estimate of drug-likeness (QED) is 0.387. The van der Waals surface area contributed by atoms with Crippen molar-refractivity contribution in [1.29, 1.82) is 0 Å². The number of para-hydroxylation sites is 1. The van der Waals surface area contributed by atoms with Crippen LogP contribution in [0, 0.1) is 0 Å². The summed E-state index contributed by atoms with van der Waals surface area (Å²) in [7, 11) is 0. The van der Waals surface area contributed by atoms with Crippen molar-refractivity contribution in [1.82, 2.24) is 10.2 Å². The lowest BCUT2D eigenvalue weighted by atomic mass is 9.78. The van der Waals surface area contributed by atoms with Crippen molar-refractivity contribution in [2.24, 2.45) is 0 Å². The molecule has 0 aliphatic carbocycles. The van der Waals surface area contributed by atoms with E-state index in [2.05, 4.69) is 107 Å². The fourth-order valence-electron chi connectivity index (χ4n) is 5.67. The highest BCUT2D eigenvalue weighted by atomic mass is 16.3. The molecule has 4 aromatic rings. The maximum absolute atomic E-state index is 6.51. The zero-order valence-corrected chi connectivity index (χ0v) is 18.2. The molecule has 3 aliphatic rings. The van der Waals surface area contributed by atoms with Gasteiger partial charge in [0.1, 0.15) is 11.2 Å². The van der Waals surface area contributed by atoms with Crippen LogP contribution in [-0.2, 0) is 0 Å². The Morgan fingerprint density at radius 2 is 1.76 bits per heavy atom. The smallest absolute Gasteiger partial charge is 0.141 e. The van der Waals surface area contributed by atoms with Gasteiger partial charge in [0.05, 0.1) is 6.04 Å². The summed E-state index contributed by atoms with van der Waals surface area (Å²) in [6.07, 6.45) is 15.3. The van der Waals surface area contributed by atoms with E-state index in [1.165, 1.54) is 38.7 Å². The van der Waals surface area contributed by atoms with E-state index < -0.39 is 0 Å². The number of benzene rings is 3. The highest BCUT2D eigenvalue weighted by Crippen LogP contribution is 2.47. The van der Waals surface area contributed by atoms with Gasteiger partial charge in [-0.3, -0.25) is 0 Å². The Kier molecular flexibility index (Phi) is 4.10. The molecule has 0 fully saturated rings. The first-order chi connectivity index (χ1) is 16.4. The third-order valence-corrected chi connectivity index (χ3v) is 7.16. The van der Waals surface area contributed by atoms with Crippen molar-refractivity contribution in [3.05, 3.63) is 126 Å². The van der Waals surface area contributed by atoms with E-state index in [9.17, 15) is 0 Å². The minimum atomic E-state index is 0.188. The zero-order valence-electron chi connectivity index (χ0n) is 18.2. The predicted molar refractivity (Wildman–Crippen MR) is 135 cm³/mol. The van der Waals surface area contributed by atoms with Crippen LogP contribution in [0.25, 0.3) is 27.6 Å². The Labute approximate surface area is 193 Å². The van der Waals surface area contributed by atoms with Gasteiger partial charge in [-0.05, 0) is 35.5 Å². The predicted octanol–water partition coefficient (Wildman–Crippen LogP) is 6.66. The number of dihydropyridines is 1. The number of hydrogen-bond donors (Lipinski definition) is 1. The minimum absolute atomic E-state index is 0.188. The molecule has 3 aliphatic heterocycles. The van der Waals surface area contributed by atoms with E-state index in [0.717, 1.165) is 24.3 Å². The lowest BCUT2D eigenvalue weighted by molar-refractivity contribution is 0.288. The van der Waals surface area contributed by atoms with Crippen molar-refractivity contribution >= 4 is 27.6 Å². The molecule has 7 rings (SSSR count). The van der Waals surface area contributed by atoms with Crippen LogP contribution in [0.5, 0.6) is 0 Å². The van der Waals surface area contributed by atoms with E-state index in [-0.39, 0.29) is 12.0 Å². The average Bonchev–Trinajstić information content (AvgIpc) is 3.27. The van der Waals surface area contributed by atoms with E-state index in [0.29, 0.717) is 0 Å². The van der Waals surface area contributed by atoms with Crippen LogP contribution in [0.15, 0.2) is 108 Å². The van der Waals surface area contributed by atoms with Crippen LogP contribution in [0.3, 0.4) is 0 Å². The van der Waals surface area contributed by atoms with E-state index in [1.807, 2.05) is 6.07 Å². The Morgan fingerprint density at radius 3 is 2.70 bits per heavy atom. The van der Waals surface area contributed by atoms with Crippen LogP contribution in [0.1, 0.15) is 34.2 Å². The molecule has 33 heavy (non-hydrogen) atoms. The molecule has 1 N–H and O–H groups in total. The van der Waals surface area contributed by atoms with Crippen molar-refractivity contribution in [2.75, 3.05) is 13.1 Å². The van der Waals surface area contributed by atoms with Gasteiger partial charge < -0.3 is 14.6 Å². The second-order valence-corrected chi connectivity index (χ2v) is 8.94. The highest BCUT2D eigenvalue weighted by molar-refractivity contribution is 6.06. The lowest BCUT2D eigenvalue weighted by Crippen LogP contribution is -2.35. The van der Waals surface area contributed by atoms with Crippen LogP contribution >= 0.6 is 0 Å². The topological polar surface area (TPSA) is 28.4 Å². The fourth-order valence-corrected chi connectivity index (χ4v) is 5.67. The summed E-state index contributed by atoms with van der Waals surface area (Å²) in [5, 5.41) is 5.94. The van der Waals surface area contributed by atoms with Crippen LogP contribution in [-0.4, -0.2) is 18.0 Å². The highest BCUT2D eigenvalue weighted by Gasteiger charge is 2.35.